The lowest BCUT2D eigenvalue weighted by atomic mass is 10.2. The van der Waals surface area contributed by atoms with Gasteiger partial charge in [-0.25, -0.2) is 5.43 Å². The number of rotatable bonds is 5. The van der Waals surface area contributed by atoms with Gasteiger partial charge in [-0.3, -0.25) is 19.7 Å². The summed E-state index contributed by atoms with van der Waals surface area (Å²) in [6.45, 7) is 0. The molecule has 0 aliphatic rings. The molecule has 9 heteroatoms. The number of hydrogen-bond acceptors (Lipinski definition) is 6. The van der Waals surface area contributed by atoms with Crippen molar-refractivity contribution in [2.24, 2.45) is 5.10 Å². The summed E-state index contributed by atoms with van der Waals surface area (Å²) in [4.78, 5) is 33.8. The van der Waals surface area contributed by atoms with Crippen LogP contribution in [0, 0.1) is 10.1 Å². The van der Waals surface area contributed by atoms with Crippen LogP contribution in [-0.4, -0.2) is 30.1 Å². The topological polar surface area (TPSA) is 123 Å². The van der Waals surface area contributed by atoms with Gasteiger partial charge >= 0.3 is 11.8 Å². The van der Waals surface area contributed by atoms with Gasteiger partial charge in [0.25, 0.3) is 5.69 Å². The molecule has 2 N–H and O–H groups in total. The van der Waals surface area contributed by atoms with Crippen molar-refractivity contribution in [1.82, 2.24) is 5.43 Å². The van der Waals surface area contributed by atoms with Gasteiger partial charge in [0.1, 0.15) is 5.75 Å². The first-order valence-electron chi connectivity index (χ1n) is 7.03. The normalized spacial score (nSPS) is 10.3. The number of para-hydroxylation sites is 1. The highest BCUT2D eigenvalue weighted by molar-refractivity contribution is 6.39. The van der Waals surface area contributed by atoms with Gasteiger partial charge in [-0.1, -0.05) is 18.2 Å². The minimum absolute atomic E-state index is 0.165. The molecule has 0 aliphatic carbocycles. The lowest BCUT2D eigenvalue weighted by Crippen LogP contribution is -2.32. The number of anilines is 1. The van der Waals surface area contributed by atoms with Gasteiger partial charge in [-0.05, 0) is 18.2 Å². The lowest BCUT2D eigenvalue weighted by molar-refractivity contribution is -0.385. The van der Waals surface area contributed by atoms with E-state index in [-0.39, 0.29) is 11.3 Å². The molecule has 2 aromatic carbocycles. The fraction of sp³-hybridized carbons (Fsp3) is 0.0625. The second-order valence-corrected chi connectivity index (χ2v) is 4.70. The zero-order valence-electron chi connectivity index (χ0n) is 13.1. The fourth-order valence-electron chi connectivity index (χ4n) is 1.86. The Balaban J connectivity index is 1.97. The summed E-state index contributed by atoms with van der Waals surface area (Å²) < 4.78 is 5.01. The number of hydrogen-bond donors (Lipinski definition) is 2. The number of nitro groups is 1. The maximum absolute atomic E-state index is 11.8. The molecular formula is C16H14N4O5. The summed E-state index contributed by atoms with van der Waals surface area (Å²) in [5.41, 5.74) is 2.42. The van der Waals surface area contributed by atoms with Crippen molar-refractivity contribution in [3.05, 3.63) is 64.2 Å². The van der Waals surface area contributed by atoms with Crippen LogP contribution in [0.3, 0.4) is 0 Å². The molecule has 0 unspecified atom stereocenters. The summed E-state index contributed by atoms with van der Waals surface area (Å²) in [6.07, 6.45) is 1.09. The molecule has 0 aromatic heterocycles. The summed E-state index contributed by atoms with van der Waals surface area (Å²) in [5, 5.41) is 16.8. The Morgan fingerprint density at radius 1 is 1.16 bits per heavy atom. The summed E-state index contributed by atoms with van der Waals surface area (Å²) in [6, 6.07) is 12.3. The van der Waals surface area contributed by atoms with E-state index < -0.39 is 16.7 Å². The maximum Gasteiger partial charge on any atom is 0.329 e. The van der Waals surface area contributed by atoms with E-state index in [2.05, 4.69) is 10.4 Å². The van der Waals surface area contributed by atoms with Crippen LogP contribution in [0.4, 0.5) is 11.4 Å². The van der Waals surface area contributed by atoms with Gasteiger partial charge in [0.2, 0.25) is 0 Å². The molecule has 0 heterocycles. The molecule has 0 bridgehead atoms. The van der Waals surface area contributed by atoms with Crippen molar-refractivity contribution in [1.29, 1.82) is 0 Å². The highest BCUT2D eigenvalue weighted by Crippen LogP contribution is 2.16. The van der Waals surface area contributed by atoms with Crippen LogP contribution in [0.2, 0.25) is 0 Å². The zero-order chi connectivity index (χ0) is 18.2. The number of carbonyl (C=O) groups excluding carboxylic acids is 2. The molecule has 0 aliphatic heterocycles. The molecule has 0 fully saturated rings. The van der Waals surface area contributed by atoms with Gasteiger partial charge in [-0.2, -0.15) is 5.10 Å². The van der Waals surface area contributed by atoms with Crippen LogP contribution in [0.5, 0.6) is 5.75 Å². The van der Waals surface area contributed by atoms with Crippen molar-refractivity contribution in [2.75, 3.05) is 12.4 Å². The van der Waals surface area contributed by atoms with E-state index in [9.17, 15) is 19.7 Å². The minimum atomic E-state index is -1.02. The van der Waals surface area contributed by atoms with Crippen molar-refractivity contribution in [3.63, 3.8) is 0 Å². The van der Waals surface area contributed by atoms with E-state index in [4.69, 9.17) is 4.74 Å². The average Bonchev–Trinajstić information content (AvgIpc) is 2.62. The first-order chi connectivity index (χ1) is 12.0. The van der Waals surface area contributed by atoms with Crippen molar-refractivity contribution in [3.8, 4) is 5.75 Å². The van der Waals surface area contributed by atoms with Crippen LogP contribution in [0.15, 0.2) is 53.6 Å². The number of amides is 2. The van der Waals surface area contributed by atoms with Crippen molar-refractivity contribution < 1.29 is 19.2 Å². The Morgan fingerprint density at radius 2 is 1.92 bits per heavy atom. The van der Waals surface area contributed by atoms with E-state index >= 15 is 0 Å². The third-order valence-corrected chi connectivity index (χ3v) is 3.04. The molecule has 9 nitrogen and oxygen atoms in total. The van der Waals surface area contributed by atoms with E-state index in [1.165, 1.54) is 25.3 Å². The number of ether oxygens (including phenoxy) is 1. The summed E-state index contributed by atoms with van der Waals surface area (Å²) >= 11 is 0. The third kappa shape index (κ3) is 4.86. The van der Waals surface area contributed by atoms with Crippen LogP contribution in [-0.2, 0) is 9.59 Å². The summed E-state index contributed by atoms with van der Waals surface area (Å²) in [7, 11) is 1.48. The average molecular weight is 342 g/mol. The zero-order valence-corrected chi connectivity index (χ0v) is 13.1. The predicted molar refractivity (Wildman–Crippen MR) is 90.5 cm³/mol. The predicted octanol–water partition coefficient (Wildman–Crippen LogP) is 1.69. The molecule has 2 amide bonds. The minimum Gasteiger partial charge on any atom is -0.497 e. The highest BCUT2D eigenvalue weighted by Gasteiger charge is 2.14. The molecule has 128 valence electrons. The van der Waals surface area contributed by atoms with E-state index in [0.717, 1.165) is 6.21 Å². The Morgan fingerprint density at radius 3 is 2.64 bits per heavy atom. The highest BCUT2D eigenvalue weighted by atomic mass is 16.6. The van der Waals surface area contributed by atoms with Crippen LogP contribution >= 0.6 is 0 Å². The number of benzene rings is 2. The second kappa shape index (κ2) is 8.20. The van der Waals surface area contributed by atoms with Gasteiger partial charge in [-0.15, -0.1) is 0 Å². The van der Waals surface area contributed by atoms with Crippen LogP contribution < -0.4 is 15.5 Å². The molecule has 0 saturated heterocycles. The van der Waals surface area contributed by atoms with E-state index in [1.807, 2.05) is 5.43 Å². The van der Waals surface area contributed by atoms with E-state index in [1.54, 1.807) is 30.3 Å². The van der Waals surface area contributed by atoms with Crippen molar-refractivity contribution in [2.45, 2.75) is 0 Å². The molecule has 2 aromatic rings. The quantitative estimate of drug-likeness (QED) is 0.370. The van der Waals surface area contributed by atoms with E-state index in [0.29, 0.717) is 11.4 Å². The molecule has 0 saturated carbocycles. The largest absolute Gasteiger partial charge is 0.497 e. The molecule has 2 rings (SSSR count). The Bertz CT molecular complexity index is 835. The summed E-state index contributed by atoms with van der Waals surface area (Å²) in [5.74, 6) is -1.43. The van der Waals surface area contributed by atoms with Crippen molar-refractivity contribution >= 4 is 29.4 Å². The monoisotopic (exact) mass is 342 g/mol. The van der Waals surface area contributed by atoms with Gasteiger partial charge in [0, 0.05) is 17.8 Å². The molecule has 0 radical (unpaired) electrons. The second-order valence-electron chi connectivity index (χ2n) is 4.70. The number of nitrogens with zero attached hydrogens (tertiary/aromatic N) is 2. The van der Waals surface area contributed by atoms with Gasteiger partial charge in [0.15, 0.2) is 0 Å². The SMILES string of the molecule is COc1cccc(NC(=O)C(=O)NN=Cc2ccccc2[N+](=O)[O-])c1. The Hall–Kier alpha value is -3.75. The van der Waals surface area contributed by atoms with Gasteiger partial charge < -0.3 is 10.1 Å². The smallest absolute Gasteiger partial charge is 0.329 e. The lowest BCUT2D eigenvalue weighted by Gasteiger charge is -2.05. The number of hydrazone groups is 1. The Kier molecular flexibility index (Phi) is 5.77. The molecular weight excluding hydrogens is 328 g/mol. The number of nitrogens with one attached hydrogen (secondary N) is 2. The third-order valence-electron chi connectivity index (χ3n) is 3.04. The number of nitro benzene ring substituents is 1. The van der Waals surface area contributed by atoms with Crippen LogP contribution in [0.25, 0.3) is 0 Å². The molecule has 0 spiro atoms. The number of carbonyl (C=O) groups is 2. The first kappa shape index (κ1) is 17.6. The Labute approximate surface area is 142 Å². The molecule has 0 atom stereocenters. The van der Waals surface area contributed by atoms with Gasteiger partial charge in [0.05, 0.1) is 23.8 Å². The molecule has 25 heavy (non-hydrogen) atoms. The fourth-order valence-corrected chi connectivity index (χ4v) is 1.86. The van der Waals surface area contributed by atoms with Crippen LogP contribution in [0.1, 0.15) is 5.56 Å². The number of methoxy groups -OCH3 is 1. The maximum atomic E-state index is 11.8. The standard InChI is InChI=1S/C16H14N4O5/c1-25-13-7-4-6-12(9-13)18-15(21)16(22)19-17-10-11-5-2-3-8-14(11)20(23)24/h2-10H,1H3,(H,18,21)(H,19,22). The first-order valence-corrected chi connectivity index (χ1v) is 7.03.